The maximum atomic E-state index is 2.84. The molecule has 0 saturated heterocycles. The van der Waals surface area contributed by atoms with Crippen molar-refractivity contribution in [3.63, 3.8) is 0 Å². The van der Waals surface area contributed by atoms with Crippen molar-refractivity contribution in [1.82, 2.24) is 9.13 Å². The van der Waals surface area contributed by atoms with E-state index in [1.54, 1.807) is 10.4 Å². The molecule has 0 aromatic rings. The Morgan fingerprint density at radius 1 is 0.606 bits per heavy atom. The molecule has 2 rings (SSSR count). The van der Waals surface area contributed by atoms with E-state index in [1.807, 2.05) is 6.56 Å². The predicted octanol–water partition coefficient (Wildman–Crippen LogP) is 1.23. The molecule has 0 unspecified atom stereocenters. The van der Waals surface area contributed by atoms with E-state index in [0.29, 0.717) is 24.2 Å². The second kappa shape index (κ2) is 13.6. The van der Waals surface area contributed by atoms with Crippen LogP contribution in [0.2, 0.25) is 26.2 Å². The number of halogens is 2. The van der Waals surface area contributed by atoms with Crippen molar-refractivity contribution >= 4 is 16.5 Å². The molecule has 33 heavy (non-hydrogen) atoms. The van der Waals surface area contributed by atoms with Gasteiger partial charge in [-0.2, -0.15) is 0 Å². The van der Waals surface area contributed by atoms with Crippen LogP contribution in [-0.4, -0.2) is 49.8 Å². The monoisotopic (exact) mass is 692 g/mol. The summed E-state index contributed by atoms with van der Waals surface area (Å²) in [5.41, 5.74) is 0. The molecule has 0 amide bonds. The number of allylic oxidation sites excluding steroid dienone is 8. The van der Waals surface area contributed by atoms with Gasteiger partial charge in [-0.15, -0.1) is 0 Å². The van der Waals surface area contributed by atoms with E-state index in [1.165, 1.54) is 12.8 Å². The molecule has 0 N–H and O–H groups in total. The largest absolute Gasteiger partial charge is 1.00 e. The van der Waals surface area contributed by atoms with Crippen molar-refractivity contribution in [3.05, 3.63) is 41.3 Å². The Kier molecular flexibility index (Phi) is 14.1. The summed E-state index contributed by atoms with van der Waals surface area (Å²) in [6.45, 7) is 29.5. The van der Waals surface area contributed by atoms with Gasteiger partial charge in [0.25, 0.3) is 0 Å². The van der Waals surface area contributed by atoms with E-state index in [-0.39, 0.29) is 34.0 Å². The first-order chi connectivity index (χ1) is 14.2. The summed E-state index contributed by atoms with van der Waals surface area (Å²) in [7, 11) is -3.32. The van der Waals surface area contributed by atoms with Crippen LogP contribution in [0, 0.1) is 0 Å². The molecule has 2 aliphatic rings. The molecule has 2 aliphatic carbocycles. The molecule has 0 heterocycles. The van der Waals surface area contributed by atoms with Crippen LogP contribution in [0.25, 0.3) is 0 Å². The Hall–Kier alpha value is 1.16. The number of hydrogen-bond acceptors (Lipinski definition) is 2. The van der Waals surface area contributed by atoms with Crippen LogP contribution in [0.1, 0.15) is 68.2 Å². The minimum Gasteiger partial charge on any atom is -1.00 e. The van der Waals surface area contributed by atoms with Crippen molar-refractivity contribution in [3.8, 4) is 0 Å². The molecule has 0 radical (unpaired) electrons. The molecular weight excluding hydrogens is 648 g/mol. The summed E-state index contributed by atoms with van der Waals surface area (Å²) in [4.78, 5) is 0. The average Bonchev–Trinajstić information content (AvgIpc) is 3.22. The first-order valence-electron chi connectivity index (χ1n) is 12.4. The maximum absolute atomic E-state index is 2.84. The van der Waals surface area contributed by atoms with Crippen LogP contribution in [-0.2, 0) is 23.2 Å². The Labute approximate surface area is 240 Å². The van der Waals surface area contributed by atoms with Gasteiger partial charge in [-0.3, -0.25) is 0 Å². The Balaban J connectivity index is 0.00000512. The molecule has 0 atom stereocenters. The van der Waals surface area contributed by atoms with Gasteiger partial charge in [-0.05, 0) is 0 Å². The van der Waals surface area contributed by atoms with Crippen LogP contribution >= 0.6 is 0 Å². The number of nitrogens with zero attached hydrogens (tertiary/aromatic N) is 2. The summed E-state index contributed by atoms with van der Waals surface area (Å²) >= 11 is -0.755. The molecule has 7 heteroatoms. The van der Waals surface area contributed by atoms with E-state index in [2.05, 4.69) is 115 Å². The van der Waals surface area contributed by atoms with Gasteiger partial charge in [0.2, 0.25) is 0 Å². The van der Waals surface area contributed by atoms with Gasteiger partial charge in [0.15, 0.2) is 0 Å². The van der Waals surface area contributed by atoms with Gasteiger partial charge in [0, 0.05) is 0 Å². The molecule has 0 bridgehead atoms. The van der Waals surface area contributed by atoms with E-state index in [4.69, 9.17) is 0 Å². The van der Waals surface area contributed by atoms with Crippen molar-refractivity contribution in [2.45, 2.75) is 119 Å². The third-order valence-corrected chi connectivity index (χ3v) is 20.3. The van der Waals surface area contributed by atoms with Gasteiger partial charge in [-0.25, -0.2) is 0 Å². The summed E-state index contributed by atoms with van der Waals surface area (Å²) in [6.07, 6.45) is 12.4. The first kappa shape index (κ1) is 34.2. The van der Waals surface area contributed by atoms with E-state index in [0.717, 1.165) is 0 Å². The summed E-state index contributed by atoms with van der Waals surface area (Å²) < 4.78 is 9.43. The zero-order valence-electron chi connectivity index (χ0n) is 23.2. The summed E-state index contributed by atoms with van der Waals surface area (Å²) in [5.74, 6) is 0. The van der Waals surface area contributed by atoms with Crippen molar-refractivity contribution in [1.29, 1.82) is 0 Å². The van der Waals surface area contributed by atoms with Crippen molar-refractivity contribution in [2.24, 2.45) is 0 Å². The van der Waals surface area contributed by atoms with Crippen LogP contribution in [0.5, 0.6) is 0 Å². The van der Waals surface area contributed by atoms with E-state index >= 15 is 0 Å². The van der Waals surface area contributed by atoms with Gasteiger partial charge < -0.3 is 34.0 Å². The second-order valence-electron chi connectivity index (χ2n) is 11.4. The summed E-state index contributed by atoms with van der Waals surface area (Å²) in [5, 5.41) is 3.54. The van der Waals surface area contributed by atoms with Crippen LogP contribution in [0.15, 0.2) is 41.3 Å². The third-order valence-electron chi connectivity index (χ3n) is 7.00. The first-order valence-corrected chi connectivity index (χ1v) is 20.7. The van der Waals surface area contributed by atoms with Crippen LogP contribution in [0.4, 0.5) is 0 Å². The molecule has 188 valence electrons. The number of hydrogen-bond donors (Lipinski definition) is 0. The fourth-order valence-electron chi connectivity index (χ4n) is 6.63. The van der Waals surface area contributed by atoms with Crippen molar-refractivity contribution in [2.75, 3.05) is 0 Å². The fraction of sp³-hybridized carbons (Fsp3) is 0.692. The zero-order valence-corrected chi connectivity index (χ0v) is 30.8. The van der Waals surface area contributed by atoms with Gasteiger partial charge in [0.05, 0.1) is 0 Å². The topological polar surface area (TPSA) is 6.48 Å². The maximum Gasteiger partial charge on any atom is -1.00 e. The molecule has 0 aromatic heterocycles. The van der Waals surface area contributed by atoms with Gasteiger partial charge >= 0.3 is 209 Å². The van der Waals surface area contributed by atoms with Crippen LogP contribution in [0.3, 0.4) is 0 Å². The van der Waals surface area contributed by atoms with E-state index in [9.17, 15) is 0 Å². The van der Waals surface area contributed by atoms with E-state index < -0.39 is 39.7 Å². The minimum atomic E-state index is -1.66. The molecular formula is C26H48Br2N2Si2Zr. The SMILES string of the molecule is CC(C)N(C(C)C)[Si](C)(C)C1=[C]([Zr+2][C]2=C([Si](C)(C)N(C(C)C)C(C)C)C=CC2)CC=C1.[Br-].[Br-]. The van der Waals surface area contributed by atoms with Gasteiger partial charge in [-0.1, -0.05) is 0 Å². The number of rotatable bonds is 10. The third kappa shape index (κ3) is 7.58. The molecule has 0 saturated carbocycles. The molecule has 2 nitrogen and oxygen atoms in total. The Morgan fingerprint density at radius 3 is 1.12 bits per heavy atom. The molecule has 0 aromatic carbocycles. The molecule has 0 spiro atoms. The summed E-state index contributed by atoms with van der Waals surface area (Å²) in [6, 6.07) is 2.42. The average molecular weight is 696 g/mol. The van der Waals surface area contributed by atoms with Crippen molar-refractivity contribution < 1.29 is 57.2 Å². The zero-order chi connectivity index (χ0) is 23.7. The fourth-order valence-corrected chi connectivity index (χ4v) is 23.4. The standard InChI is InChI=1S/2C13H24NSi.2BrH.Zr/c2*1-11(2)14(12(3)4)15(5,6)13-9-7-8-10-13;;;/h2*7,9,11-12H,8H2,1-6H3;2*1H;/q;;;;+2/p-2. The normalized spacial score (nSPS) is 16.8. The van der Waals surface area contributed by atoms with Gasteiger partial charge in [0.1, 0.15) is 0 Å². The molecule has 0 fully saturated rings. The predicted molar refractivity (Wildman–Crippen MR) is 141 cm³/mol. The second-order valence-corrected chi connectivity index (χ2v) is 23.4. The smallest absolute Gasteiger partial charge is 1.00 e. The quantitative estimate of drug-likeness (QED) is 0.318. The Bertz CT molecular complexity index is 701. The Morgan fingerprint density at radius 2 is 0.879 bits per heavy atom. The minimum absolute atomic E-state index is 0. The van der Waals surface area contributed by atoms with Crippen LogP contribution < -0.4 is 34.0 Å². The molecule has 0 aliphatic heterocycles.